The van der Waals surface area contributed by atoms with Gasteiger partial charge in [-0.25, -0.2) is 0 Å². The third-order valence-electron chi connectivity index (χ3n) is 2.64. The molecule has 1 aromatic carbocycles. The summed E-state index contributed by atoms with van der Waals surface area (Å²) < 4.78 is 4.92. The van der Waals surface area contributed by atoms with Gasteiger partial charge in [-0.05, 0) is 30.5 Å². The molecule has 0 spiro atoms. The molecule has 0 radical (unpaired) electrons. The summed E-state index contributed by atoms with van der Waals surface area (Å²) in [6.45, 7) is 0. The second-order valence-corrected chi connectivity index (χ2v) is 3.70. The number of ether oxygens (including phenoxy) is 1. The lowest BCUT2D eigenvalue weighted by Gasteiger charge is -2.12. The smallest absolute Gasteiger partial charge is 0.200 e. The lowest BCUT2D eigenvalue weighted by molar-refractivity contribution is 0.349. The van der Waals surface area contributed by atoms with E-state index >= 15 is 0 Å². The molecule has 4 nitrogen and oxygen atoms in total. The number of methoxy groups -OCH3 is 1. The Morgan fingerprint density at radius 3 is 2.50 bits per heavy atom. The zero-order valence-corrected chi connectivity index (χ0v) is 7.95. The van der Waals surface area contributed by atoms with E-state index in [1.807, 2.05) is 0 Å². The number of benzene rings is 1. The zero-order chi connectivity index (χ0) is 10.3. The van der Waals surface area contributed by atoms with Crippen molar-refractivity contribution >= 4 is 0 Å². The maximum atomic E-state index is 9.42. The van der Waals surface area contributed by atoms with E-state index in [1.54, 1.807) is 6.07 Å². The van der Waals surface area contributed by atoms with Crippen LogP contribution >= 0.6 is 0 Å². The molecule has 1 fully saturated rings. The van der Waals surface area contributed by atoms with E-state index in [4.69, 9.17) is 10.5 Å². The summed E-state index contributed by atoms with van der Waals surface area (Å²) in [6, 6.07) is 3.16. The topological polar surface area (TPSA) is 75.7 Å². The Balaban J connectivity index is 2.48. The van der Waals surface area contributed by atoms with E-state index in [1.165, 1.54) is 13.2 Å². The molecule has 0 saturated heterocycles. The molecule has 0 bridgehead atoms. The highest BCUT2D eigenvalue weighted by Gasteiger charge is 2.40. The van der Waals surface area contributed by atoms with Crippen molar-refractivity contribution in [2.24, 2.45) is 5.73 Å². The molecule has 1 aliphatic rings. The van der Waals surface area contributed by atoms with Crippen LogP contribution in [0.2, 0.25) is 0 Å². The number of phenols is 2. The third kappa shape index (κ3) is 1.28. The van der Waals surface area contributed by atoms with Crippen LogP contribution in [0.15, 0.2) is 12.1 Å². The predicted octanol–water partition coefficient (Wildman–Crippen LogP) is 1.05. The van der Waals surface area contributed by atoms with Crippen molar-refractivity contribution in [1.29, 1.82) is 0 Å². The summed E-state index contributed by atoms with van der Waals surface area (Å²) in [5, 5.41) is 18.8. The van der Waals surface area contributed by atoms with Gasteiger partial charge in [-0.2, -0.15) is 0 Å². The highest BCUT2D eigenvalue weighted by atomic mass is 16.5. The van der Waals surface area contributed by atoms with Gasteiger partial charge >= 0.3 is 0 Å². The first kappa shape index (κ1) is 9.15. The first-order chi connectivity index (χ1) is 6.57. The van der Waals surface area contributed by atoms with Crippen LogP contribution < -0.4 is 10.5 Å². The van der Waals surface area contributed by atoms with Crippen LogP contribution in [0.3, 0.4) is 0 Å². The molecule has 1 aromatic rings. The first-order valence-corrected chi connectivity index (χ1v) is 4.46. The van der Waals surface area contributed by atoms with E-state index in [0.717, 1.165) is 18.4 Å². The molecule has 0 aliphatic heterocycles. The van der Waals surface area contributed by atoms with Crippen molar-refractivity contribution in [2.45, 2.75) is 18.4 Å². The number of aromatic hydroxyl groups is 2. The van der Waals surface area contributed by atoms with Crippen molar-refractivity contribution in [3.05, 3.63) is 17.7 Å². The maximum absolute atomic E-state index is 9.42. The Kier molecular flexibility index (Phi) is 1.82. The normalized spacial score (nSPS) is 17.9. The fourth-order valence-corrected chi connectivity index (χ4v) is 1.46. The summed E-state index contributed by atoms with van der Waals surface area (Å²) in [4.78, 5) is 0. The Morgan fingerprint density at radius 2 is 2.00 bits per heavy atom. The van der Waals surface area contributed by atoms with Gasteiger partial charge in [-0.1, -0.05) is 0 Å². The van der Waals surface area contributed by atoms with Gasteiger partial charge in [-0.3, -0.25) is 0 Å². The van der Waals surface area contributed by atoms with Crippen LogP contribution in [0.25, 0.3) is 0 Å². The average Bonchev–Trinajstić information content (AvgIpc) is 2.89. The van der Waals surface area contributed by atoms with Gasteiger partial charge in [0.1, 0.15) is 0 Å². The SMILES string of the molecule is COc1cc(C2(N)CC2)cc(O)c1O. The monoisotopic (exact) mass is 195 g/mol. The highest BCUT2D eigenvalue weighted by Crippen LogP contribution is 2.47. The van der Waals surface area contributed by atoms with E-state index in [9.17, 15) is 10.2 Å². The molecule has 4 heteroatoms. The summed E-state index contributed by atoms with van der Waals surface area (Å²) in [5.41, 5.74) is 6.44. The minimum atomic E-state index is -0.335. The number of hydrogen-bond acceptors (Lipinski definition) is 4. The molecule has 1 saturated carbocycles. The van der Waals surface area contributed by atoms with Crippen LogP contribution in [0.5, 0.6) is 17.2 Å². The van der Waals surface area contributed by atoms with Gasteiger partial charge in [0.25, 0.3) is 0 Å². The van der Waals surface area contributed by atoms with Crippen molar-refractivity contribution in [1.82, 2.24) is 0 Å². The Morgan fingerprint density at radius 1 is 1.36 bits per heavy atom. The molecule has 76 valence electrons. The van der Waals surface area contributed by atoms with Gasteiger partial charge in [0, 0.05) is 5.54 Å². The second-order valence-electron chi connectivity index (χ2n) is 3.70. The van der Waals surface area contributed by atoms with Crippen LogP contribution in [0.4, 0.5) is 0 Å². The maximum Gasteiger partial charge on any atom is 0.200 e. The average molecular weight is 195 g/mol. The predicted molar refractivity (Wildman–Crippen MR) is 51.4 cm³/mol. The van der Waals surface area contributed by atoms with Gasteiger partial charge in [0.15, 0.2) is 11.5 Å². The van der Waals surface area contributed by atoms with Crippen LogP contribution in [-0.4, -0.2) is 17.3 Å². The lowest BCUT2D eigenvalue weighted by atomic mass is 10.0. The fourth-order valence-electron chi connectivity index (χ4n) is 1.46. The van der Waals surface area contributed by atoms with Crippen LogP contribution in [-0.2, 0) is 5.54 Å². The van der Waals surface area contributed by atoms with Crippen LogP contribution in [0, 0.1) is 0 Å². The van der Waals surface area contributed by atoms with Crippen molar-refractivity contribution < 1.29 is 14.9 Å². The van der Waals surface area contributed by atoms with Crippen molar-refractivity contribution in [3.8, 4) is 17.2 Å². The largest absolute Gasteiger partial charge is 0.504 e. The number of hydrogen-bond donors (Lipinski definition) is 3. The van der Waals surface area contributed by atoms with Crippen molar-refractivity contribution in [2.75, 3.05) is 7.11 Å². The number of nitrogens with two attached hydrogens (primary N) is 1. The molecule has 1 aliphatic carbocycles. The molecule has 0 atom stereocenters. The molecule has 0 aromatic heterocycles. The highest BCUT2D eigenvalue weighted by molar-refractivity contribution is 5.54. The second kappa shape index (κ2) is 2.78. The molecule has 2 rings (SSSR count). The third-order valence-corrected chi connectivity index (χ3v) is 2.64. The molecule has 4 N–H and O–H groups in total. The lowest BCUT2D eigenvalue weighted by Crippen LogP contribution is -2.18. The Hall–Kier alpha value is -1.42. The summed E-state index contributed by atoms with van der Waals surface area (Å²) in [5.74, 6) is -0.159. The van der Waals surface area contributed by atoms with Gasteiger partial charge in [-0.15, -0.1) is 0 Å². The molecule has 0 unspecified atom stereocenters. The minimum Gasteiger partial charge on any atom is -0.504 e. The summed E-state index contributed by atoms with van der Waals surface area (Å²) >= 11 is 0. The first-order valence-electron chi connectivity index (χ1n) is 4.46. The van der Waals surface area contributed by atoms with E-state index in [-0.39, 0.29) is 22.8 Å². The Bertz CT molecular complexity index is 372. The number of rotatable bonds is 2. The Labute approximate surface area is 81.9 Å². The van der Waals surface area contributed by atoms with E-state index < -0.39 is 0 Å². The minimum absolute atomic E-state index is 0.184. The van der Waals surface area contributed by atoms with Gasteiger partial charge < -0.3 is 20.7 Å². The summed E-state index contributed by atoms with van der Waals surface area (Å²) in [7, 11) is 1.44. The molecular weight excluding hydrogens is 182 g/mol. The van der Waals surface area contributed by atoms with E-state index in [2.05, 4.69) is 0 Å². The van der Waals surface area contributed by atoms with E-state index in [0.29, 0.717) is 0 Å². The fraction of sp³-hybridized carbons (Fsp3) is 0.400. The molecule has 0 heterocycles. The number of phenolic OH excluding ortho intramolecular Hbond substituents is 2. The van der Waals surface area contributed by atoms with Crippen LogP contribution in [0.1, 0.15) is 18.4 Å². The molecule has 14 heavy (non-hydrogen) atoms. The molecular formula is C10H13NO3. The van der Waals surface area contributed by atoms with Gasteiger partial charge in [0.05, 0.1) is 7.11 Å². The standard InChI is InChI=1S/C10H13NO3/c1-14-8-5-6(10(11)2-3-10)4-7(12)9(8)13/h4-5,12-13H,2-3,11H2,1H3. The zero-order valence-electron chi connectivity index (χ0n) is 7.95. The van der Waals surface area contributed by atoms with Gasteiger partial charge in [0.2, 0.25) is 5.75 Å². The molecule has 0 amide bonds. The van der Waals surface area contributed by atoms with Crippen molar-refractivity contribution in [3.63, 3.8) is 0 Å². The summed E-state index contributed by atoms with van der Waals surface area (Å²) in [6.07, 6.45) is 1.81. The quantitative estimate of drug-likeness (QED) is 0.616.